The van der Waals surface area contributed by atoms with Crippen molar-refractivity contribution >= 4 is 35.5 Å². The molecule has 0 spiro atoms. The van der Waals surface area contributed by atoms with Crippen LogP contribution in [-0.2, 0) is 28.7 Å². The molecule has 4 fully saturated rings. The maximum Gasteiger partial charge on any atom is 0.391 e. The zero-order valence-electron chi connectivity index (χ0n) is 29.8. The highest BCUT2D eigenvalue weighted by atomic mass is 19.4. The number of nitrogens with one attached hydrogen (secondary N) is 3. The number of amides is 5. The second-order valence-electron chi connectivity index (χ2n) is 14.4. The molecule has 49 heavy (non-hydrogen) atoms. The topological polar surface area (TPSA) is 177 Å². The van der Waals surface area contributed by atoms with Gasteiger partial charge < -0.3 is 31.3 Å². The first-order valence-electron chi connectivity index (χ1n) is 17.6. The number of hydrogen-bond donors (Lipinski definition) is 4. The van der Waals surface area contributed by atoms with Gasteiger partial charge in [-0.2, -0.15) is 13.2 Å². The number of nitrogens with zero attached hydrogens (tertiary/aromatic N) is 1. The molecule has 12 nitrogen and oxygen atoms in total. The molecule has 4 aliphatic rings. The van der Waals surface area contributed by atoms with Gasteiger partial charge in [0, 0.05) is 6.54 Å². The Labute approximate surface area is 287 Å². The van der Waals surface area contributed by atoms with E-state index in [1.165, 1.54) is 4.90 Å². The number of esters is 1. The standard InChI is InChI=1S/C28H45N5O7.C4H5F3.C2H6/c1-5-16-12-20(25(37)31-19(22(35)24(29)36)11-17-7-6-8-17)33(14-16)26(38)23(28(2,3)4)32-27(39)30-13-21(34)40-15-18-9-10-18;5-4(6,7)3-1-2-3;1-2/h16-20,23H,5-15H2,1-4H3,(H2,29,36)(H,31,37)(H2,30,32,39);3H,1-2H2;1-2H3/t16?,19?,20-,23?;;/m0../s1. The van der Waals surface area contributed by atoms with E-state index in [4.69, 9.17) is 10.5 Å². The minimum Gasteiger partial charge on any atom is -0.464 e. The molecule has 15 heteroatoms. The molecule has 0 aromatic carbocycles. The number of carbonyl (C=O) groups excluding carboxylic acids is 6. The minimum absolute atomic E-state index is 0.0484. The Morgan fingerprint density at radius 2 is 1.51 bits per heavy atom. The van der Waals surface area contributed by atoms with E-state index >= 15 is 0 Å². The molecule has 5 N–H and O–H groups in total. The van der Waals surface area contributed by atoms with Crippen LogP contribution in [0.15, 0.2) is 0 Å². The van der Waals surface area contributed by atoms with Crippen LogP contribution in [0.5, 0.6) is 0 Å². The van der Waals surface area contributed by atoms with Crippen molar-refractivity contribution in [3.8, 4) is 0 Å². The van der Waals surface area contributed by atoms with Crippen molar-refractivity contribution in [1.82, 2.24) is 20.9 Å². The normalized spacial score (nSPS) is 21.7. The summed E-state index contributed by atoms with van der Waals surface area (Å²) in [6.45, 7) is 11.7. The molecule has 3 saturated carbocycles. The van der Waals surface area contributed by atoms with Gasteiger partial charge in [-0.1, -0.05) is 67.2 Å². The first kappa shape index (κ1) is 41.8. The molecule has 4 rings (SSSR count). The molecule has 280 valence electrons. The summed E-state index contributed by atoms with van der Waals surface area (Å²) in [6.07, 6.45) is 3.22. The fourth-order valence-electron chi connectivity index (χ4n) is 5.55. The zero-order chi connectivity index (χ0) is 37.1. The van der Waals surface area contributed by atoms with Gasteiger partial charge in [0.2, 0.25) is 17.6 Å². The van der Waals surface area contributed by atoms with Crippen molar-refractivity contribution in [1.29, 1.82) is 0 Å². The van der Waals surface area contributed by atoms with Gasteiger partial charge in [0.1, 0.15) is 18.6 Å². The number of rotatable bonds is 13. The highest BCUT2D eigenvalue weighted by Crippen LogP contribution is 2.43. The monoisotopic (exact) mass is 703 g/mol. The largest absolute Gasteiger partial charge is 0.464 e. The van der Waals surface area contributed by atoms with Crippen LogP contribution in [0.2, 0.25) is 0 Å². The van der Waals surface area contributed by atoms with Crippen LogP contribution < -0.4 is 21.7 Å². The highest BCUT2D eigenvalue weighted by molar-refractivity contribution is 6.37. The molecule has 1 aliphatic heterocycles. The summed E-state index contributed by atoms with van der Waals surface area (Å²) in [5, 5.41) is 7.84. The molecule has 3 unspecified atom stereocenters. The second-order valence-corrected chi connectivity index (χ2v) is 14.4. The van der Waals surface area contributed by atoms with Gasteiger partial charge in [-0.25, -0.2) is 4.79 Å². The number of hydrogen-bond acceptors (Lipinski definition) is 7. The molecular formula is C34H56F3N5O7. The third kappa shape index (κ3) is 13.8. The Bertz CT molecular complexity index is 1160. The zero-order valence-corrected chi connectivity index (χ0v) is 29.8. The maximum atomic E-state index is 13.9. The number of likely N-dealkylation sites (tertiary alicyclic amines) is 1. The lowest BCUT2D eigenvalue weighted by molar-refractivity contribution is -0.147. The molecule has 0 aromatic rings. The van der Waals surface area contributed by atoms with Gasteiger partial charge >= 0.3 is 18.2 Å². The third-order valence-electron chi connectivity index (χ3n) is 9.22. The molecule has 4 atom stereocenters. The Balaban J connectivity index is 0.000000809. The number of urea groups is 1. The number of carbonyl (C=O) groups is 6. The summed E-state index contributed by atoms with van der Waals surface area (Å²) in [4.78, 5) is 77.5. The van der Waals surface area contributed by atoms with Crippen molar-refractivity contribution in [2.75, 3.05) is 19.7 Å². The van der Waals surface area contributed by atoms with Crippen molar-refractivity contribution in [2.45, 2.75) is 130 Å². The Morgan fingerprint density at radius 3 is 1.94 bits per heavy atom. The van der Waals surface area contributed by atoms with Crippen LogP contribution in [0, 0.1) is 29.1 Å². The number of Topliss-reactive ketones (excluding diaryl/α,β-unsaturated/α-hetero) is 1. The fraction of sp³-hybridized carbons (Fsp3) is 0.824. The van der Waals surface area contributed by atoms with Crippen molar-refractivity contribution in [3.63, 3.8) is 0 Å². The van der Waals surface area contributed by atoms with Crippen LogP contribution >= 0.6 is 0 Å². The van der Waals surface area contributed by atoms with Gasteiger partial charge in [0.05, 0.1) is 18.6 Å². The van der Waals surface area contributed by atoms with Crippen LogP contribution in [0.3, 0.4) is 0 Å². The first-order chi connectivity index (χ1) is 22.9. The molecule has 0 bridgehead atoms. The molecule has 5 amide bonds. The van der Waals surface area contributed by atoms with Gasteiger partial charge in [-0.3, -0.25) is 24.0 Å². The van der Waals surface area contributed by atoms with Crippen LogP contribution in [0.4, 0.5) is 18.0 Å². The predicted molar refractivity (Wildman–Crippen MR) is 176 cm³/mol. The SMILES string of the molecule is CC.CCC1C[C@@H](C(=O)NC(CC2CCC2)C(=O)C(N)=O)N(C(=O)C(NC(=O)NCC(=O)OCC2CC2)C(C)(C)C)C1.FC(F)(F)C1CC1. The van der Waals surface area contributed by atoms with Gasteiger partial charge in [-0.05, 0) is 61.7 Å². The molecule has 0 radical (unpaired) electrons. The smallest absolute Gasteiger partial charge is 0.391 e. The number of halogens is 3. The molecule has 1 saturated heterocycles. The predicted octanol–water partition coefficient (Wildman–Crippen LogP) is 3.99. The Hall–Kier alpha value is -3.39. The summed E-state index contributed by atoms with van der Waals surface area (Å²) >= 11 is 0. The molecule has 3 aliphatic carbocycles. The summed E-state index contributed by atoms with van der Waals surface area (Å²) in [7, 11) is 0. The van der Waals surface area contributed by atoms with Crippen LogP contribution in [0.25, 0.3) is 0 Å². The lowest BCUT2D eigenvalue weighted by Crippen LogP contribution is -2.60. The average Bonchev–Trinajstić information content (AvgIpc) is 3.95. The fourth-order valence-corrected chi connectivity index (χ4v) is 5.55. The molecular weight excluding hydrogens is 647 g/mol. The lowest BCUT2D eigenvalue weighted by Gasteiger charge is -2.36. The summed E-state index contributed by atoms with van der Waals surface area (Å²) in [6, 6.07) is -3.60. The van der Waals surface area contributed by atoms with Crippen molar-refractivity contribution in [2.24, 2.45) is 34.8 Å². The number of ether oxygens (including phenoxy) is 1. The van der Waals surface area contributed by atoms with E-state index in [1.54, 1.807) is 20.8 Å². The van der Waals surface area contributed by atoms with Gasteiger partial charge in [-0.15, -0.1) is 0 Å². The number of ketones is 1. The van der Waals surface area contributed by atoms with E-state index < -0.39 is 71.1 Å². The van der Waals surface area contributed by atoms with E-state index in [2.05, 4.69) is 16.0 Å². The average molecular weight is 704 g/mol. The molecule has 0 aromatic heterocycles. The number of nitrogens with two attached hydrogens (primary N) is 1. The quantitative estimate of drug-likeness (QED) is 0.166. The maximum absolute atomic E-state index is 13.9. The minimum atomic E-state index is -3.89. The van der Waals surface area contributed by atoms with E-state index in [9.17, 15) is 41.9 Å². The van der Waals surface area contributed by atoms with E-state index in [0.29, 0.717) is 44.8 Å². The third-order valence-corrected chi connectivity index (χ3v) is 9.22. The summed E-state index contributed by atoms with van der Waals surface area (Å²) in [5.74, 6) is -3.72. The van der Waals surface area contributed by atoms with E-state index in [1.807, 2.05) is 20.8 Å². The highest BCUT2D eigenvalue weighted by Gasteiger charge is 2.47. The second kappa shape index (κ2) is 18.6. The van der Waals surface area contributed by atoms with Gasteiger partial charge in [0.25, 0.3) is 5.91 Å². The lowest BCUT2D eigenvalue weighted by atomic mass is 9.80. The van der Waals surface area contributed by atoms with Crippen molar-refractivity contribution in [3.05, 3.63) is 0 Å². The van der Waals surface area contributed by atoms with Crippen LogP contribution in [0.1, 0.15) is 106 Å². The Morgan fingerprint density at radius 1 is 0.898 bits per heavy atom. The van der Waals surface area contributed by atoms with E-state index in [-0.39, 0.29) is 18.4 Å². The van der Waals surface area contributed by atoms with Crippen LogP contribution in [-0.4, -0.2) is 84.4 Å². The van der Waals surface area contributed by atoms with E-state index in [0.717, 1.165) is 38.5 Å². The first-order valence-corrected chi connectivity index (χ1v) is 17.6. The Kier molecular flexibility index (Phi) is 15.8. The summed E-state index contributed by atoms with van der Waals surface area (Å²) < 4.78 is 38.8. The molecule has 1 heterocycles. The van der Waals surface area contributed by atoms with Gasteiger partial charge in [0.15, 0.2) is 0 Å². The van der Waals surface area contributed by atoms with Crippen molar-refractivity contribution < 1.29 is 46.7 Å². The summed E-state index contributed by atoms with van der Waals surface area (Å²) in [5.41, 5.74) is 4.53. The number of primary amides is 1. The number of alkyl halides is 3.